The summed E-state index contributed by atoms with van der Waals surface area (Å²) in [5, 5.41) is 0. The van der Waals surface area contributed by atoms with Crippen LogP contribution in [0.3, 0.4) is 0 Å². The van der Waals surface area contributed by atoms with Gasteiger partial charge in [-0.1, -0.05) is 62.7 Å². The summed E-state index contributed by atoms with van der Waals surface area (Å²) in [7, 11) is 0. The first-order valence-electron chi connectivity index (χ1n) is 7.41. The lowest BCUT2D eigenvalue weighted by Crippen LogP contribution is -2.00. The summed E-state index contributed by atoms with van der Waals surface area (Å²) in [5.41, 5.74) is 5.17. The van der Waals surface area contributed by atoms with Crippen molar-refractivity contribution in [1.29, 1.82) is 0 Å². The Labute approximate surface area is 122 Å². The Morgan fingerprint density at radius 3 is 2.45 bits per heavy atom. The maximum Gasteiger partial charge on any atom is 0.123 e. The highest BCUT2D eigenvalue weighted by Crippen LogP contribution is 2.28. The standard InChI is InChI=1S/C19H24O/c1-5-16-7-6-8-17(12-16)13-20-19-10-9-15(4)11-18(19)14(2)3/h6-12,14H,5,13H2,1-4H3. The monoisotopic (exact) mass is 268 g/mol. The normalized spacial score (nSPS) is 10.8. The number of hydrogen-bond donors (Lipinski definition) is 0. The lowest BCUT2D eigenvalue weighted by atomic mass is 10.00. The van der Waals surface area contributed by atoms with Gasteiger partial charge in [-0.25, -0.2) is 0 Å². The zero-order chi connectivity index (χ0) is 14.5. The SMILES string of the molecule is CCc1cccc(COc2ccc(C)cc2C(C)C)c1. The van der Waals surface area contributed by atoms with E-state index in [1.54, 1.807) is 0 Å². The Kier molecular flexibility index (Phi) is 4.84. The molecule has 106 valence electrons. The molecule has 0 N–H and O–H groups in total. The van der Waals surface area contributed by atoms with E-state index in [0.29, 0.717) is 12.5 Å². The van der Waals surface area contributed by atoms with Gasteiger partial charge in [0.2, 0.25) is 0 Å². The molecule has 2 aromatic carbocycles. The maximum atomic E-state index is 6.04. The molecule has 0 bridgehead atoms. The number of benzene rings is 2. The van der Waals surface area contributed by atoms with Crippen LogP contribution in [0.5, 0.6) is 5.75 Å². The molecule has 0 spiro atoms. The number of hydrogen-bond acceptors (Lipinski definition) is 1. The van der Waals surface area contributed by atoms with Crippen molar-refractivity contribution < 1.29 is 4.74 Å². The zero-order valence-corrected chi connectivity index (χ0v) is 12.9. The highest BCUT2D eigenvalue weighted by Gasteiger charge is 2.08. The van der Waals surface area contributed by atoms with Gasteiger partial charge in [0.25, 0.3) is 0 Å². The number of ether oxygens (including phenoxy) is 1. The van der Waals surface area contributed by atoms with Gasteiger partial charge < -0.3 is 4.74 Å². The van der Waals surface area contributed by atoms with Gasteiger partial charge in [0.15, 0.2) is 0 Å². The zero-order valence-electron chi connectivity index (χ0n) is 12.9. The molecule has 0 aromatic heterocycles. The molecule has 0 amide bonds. The lowest BCUT2D eigenvalue weighted by Gasteiger charge is -2.15. The first-order valence-corrected chi connectivity index (χ1v) is 7.41. The molecule has 0 aliphatic heterocycles. The minimum absolute atomic E-state index is 0.479. The molecular weight excluding hydrogens is 244 g/mol. The number of aryl methyl sites for hydroxylation is 2. The molecule has 0 unspecified atom stereocenters. The van der Waals surface area contributed by atoms with Crippen LogP contribution < -0.4 is 4.74 Å². The fraction of sp³-hybridized carbons (Fsp3) is 0.368. The predicted molar refractivity (Wildman–Crippen MR) is 85.4 cm³/mol. The van der Waals surface area contributed by atoms with Crippen LogP contribution in [-0.4, -0.2) is 0 Å². The minimum atomic E-state index is 0.479. The summed E-state index contributed by atoms with van der Waals surface area (Å²) in [6.07, 6.45) is 1.07. The molecule has 0 saturated heterocycles. The highest BCUT2D eigenvalue weighted by atomic mass is 16.5. The van der Waals surface area contributed by atoms with Crippen LogP contribution in [0.15, 0.2) is 42.5 Å². The molecule has 1 heteroatoms. The Balaban J connectivity index is 2.14. The van der Waals surface area contributed by atoms with Crippen molar-refractivity contribution in [3.63, 3.8) is 0 Å². The lowest BCUT2D eigenvalue weighted by molar-refractivity contribution is 0.301. The molecule has 1 nitrogen and oxygen atoms in total. The largest absolute Gasteiger partial charge is 0.489 e. The first kappa shape index (κ1) is 14.6. The summed E-state index contributed by atoms with van der Waals surface area (Å²) in [6, 6.07) is 15.1. The molecule has 0 fully saturated rings. The van der Waals surface area contributed by atoms with Crippen LogP contribution in [0.25, 0.3) is 0 Å². The third-order valence-electron chi connectivity index (χ3n) is 3.58. The van der Waals surface area contributed by atoms with E-state index in [1.807, 2.05) is 0 Å². The molecule has 2 rings (SSSR count). The summed E-state index contributed by atoms with van der Waals surface area (Å²) in [5.74, 6) is 1.49. The van der Waals surface area contributed by atoms with Crippen molar-refractivity contribution in [2.45, 2.75) is 46.6 Å². The summed E-state index contributed by atoms with van der Waals surface area (Å²) in [4.78, 5) is 0. The van der Waals surface area contributed by atoms with Crippen molar-refractivity contribution in [1.82, 2.24) is 0 Å². The quantitative estimate of drug-likeness (QED) is 0.718. The van der Waals surface area contributed by atoms with Crippen LogP contribution in [0.4, 0.5) is 0 Å². The van der Waals surface area contributed by atoms with Crippen molar-refractivity contribution in [3.05, 3.63) is 64.7 Å². The van der Waals surface area contributed by atoms with Gasteiger partial charge in [-0.05, 0) is 42.0 Å². The molecule has 0 aliphatic rings. The van der Waals surface area contributed by atoms with Gasteiger partial charge in [0, 0.05) is 0 Å². The Hall–Kier alpha value is -1.76. The van der Waals surface area contributed by atoms with Crippen LogP contribution in [0, 0.1) is 6.92 Å². The Bertz CT molecular complexity index is 570. The van der Waals surface area contributed by atoms with E-state index in [9.17, 15) is 0 Å². The third-order valence-corrected chi connectivity index (χ3v) is 3.58. The second-order valence-electron chi connectivity index (χ2n) is 5.66. The van der Waals surface area contributed by atoms with E-state index in [-0.39, 0.29) is 0 Å². The van der Waals surface area contributed by atoms with Crippen LogP contribution >= 0.6 is 0 Å². The fourth-order valence-electron chi connectivity index (χ4n) is 2.35. The molecule has 2 aromatic rings. The van der Waals surface area contributed by atoms with Gasteiger partial charge in [-0.3, -0.25) is 0 Å². The molecular formula is C19H24O. The topological polar surface area (TPSA) is 9.23 Å². The van der Waals surface area contributed by atoms with E-state index < -0.39 is 0 Å². The van der Waals surface area contributed by atoms with E-state index in [4.69, 9.17) is 4.74 Å². The minimum Gasteiger partial charge on any atom is -0.489 e. The maximum absolute atomic E-state index is 6.04. The Morgan fingerprint density at radius 2 is 1.75 bits per heavy atom. The van der Waals surface area contributed by atoms with Gasteiger partial charge in [0.1, 0.15) is 12.4 Å². The van der Waals surface area contributed by atoms with Crippen LogP contribution in [0.1, 0.15) is 48.9 Å². The van der Waals surface area contributed by atoms with Crippen LogP contribution in [-0.2, 0) is 13.0 Å². The van der Waals surface area contributed by atoms with E-state index in [1.165, 1.54) is 22.3 Å². The summed E-state index contributed by atoms with van der Waals surface area (Å²) in [6.45, 7) is 9.35. The van der Waals surface area contributed by atoms with Crippen LogP contribution in [0.2, 0.25) is 0 Å². The van der Waals surface area contributed by atoms with Crippen molar-refractivity contribution in [3.8, 4) is 5.75 Å². The first-order chi connectivity index (χ1) is 9.60. The molecule has 20 heavy (non-hydrogen) atoms. The molecule has 0 radical (unpaired) electrons. The molecule has 0 aliphatic carbocycles. The average molecular weight is 268 g/mol. The molecule has 0 saturated carbocycles. The Morgan fingerprint density at radius 1 is 1.00 bits per heavy atom. The highest BCUT2D eigenvalue weighted by molar-refractivity contribution is 5.39. The molecule has 0 atom stereocenters. The second kappa shape index (κ2) is 6.60. The van der Waals surface area contributed by atoms with Crippen molar-refractivity contribution >= 4 is 0 Å². The second-order valence-corrected chi connectivity index (χ2v) is 5.66. The van der Waals surface area contributed by atoms with E-state index >= 15 is 0 Å². The van der Waals surface area contributed by atoms with Crippen molar-refractivity contribution in [2.24, 2.45) is 0 Å². The van der Waals surface area contributed by atoms with E-state index in [0.717, 1.165) is 12.2 Å². The van der Waals surface area contributed by atoms with Crippen molar-refractivity contribution in [2.75, 3.05) is 0 Å². The summed E-state index contributed by atoms with van der Waals surface area (Å²) >= 11 is 0. The van der Waals surface area contributed by atoms with Gasteiger partial charge in [-0.15, -0.1) is 0 Å². The van der Waals surface area contributed by atoms with Gasteiger partial charge in [-0.2, -0.15) is 0 Å². The molecule has 0 heterocycles. The number of rotatable bonds is 5. The summed E-state index contributed by atoms with van der Waals surface area (Å²) < 4.78 is 6.04. The smallest absolute Gasteiger partial charge is 0.123 e. The third kappa shape index (κ3) is 3.63. The average Bonchev–Trinajstić information content (AvgIpc) is 2.46. The van der Waals surface area contributed by atoms with E-state index in [2.05, 4.69) is 70.2 Å². The predicted octanol–water partition coefficient (Wildman–Crippen LogP) is 5.26. The fourth-order valence-corrected chi connectivity index (χ4v) is 2.35. The van der Waals surface area contributed by atoms with Gasteiger partial charge >= 0.3 is 0 Å². The van der Waals surface area contributed by atoms with Gasteiger partial charge in [0.05, 0.1) is 0 Å².